The van der Waals surface area contributed by atoms with Crippen molar-refractivity contribution in [3.63, 3.8) is 0 Å². The molecule has 1 aliphatic rings. The van der Waals surface area contributed by atoms with E-state index in [2.05, 4.69) is 24.0 Å². The molecule has 2 aromatic heterocycles. The number of anilines is 1. The van der Waals surface area contributed by atoms with Gasteiger partial charge < -0.3 is 15.0 Å². The molecule has 2 heterocycles. The number of aromatic nitrogens is 2. The minimum atomic E-state index is -0.429. The Kier molecular flexibility index (Phi) is 3.53. The molecular formula is C15H21N3O2S. The van der Waals surface area contributed by atoms with Gasteiger partial charge in [-0.25, -0.2) is 0 Å². The summed E-state index contributed by atoms with van der Waals surface area (Å²) in [5, 5.41) is 6.78. The van der Waals surface area contributed by atoms with Crippen LogP contribution in [0.3, 0.4) is 0 Å². The number of hydrogen-bond donors (Lipinski definition) is 1. The van der Waals surface area contributed by atoms with Crippen molar-refractivity contribution in [1.82, 2.24) is 10.1 Å². The molecule has 0 spiro atoms. The van der Waals surface area contributed by atoms with Gasteiger partial charge in [-0.1, -0.05) is 19.0 Å². The summed E-state index contributed by atoms with van der Waals surface area (Å²) >= 11 is 1.47. The third kappa shape index (κ3) is 2.58. The summed E-state index contributed by atoms with van der Waals surface area (Å²) in [6, 6.07) is 1.90. The highest BCUT2D eigenvalue weighted by atomic mass is 32.1. The number of nitrogens with two attached hydrogens (primary N) is 1. The fraction of sp³-hybridized carbons (Fsp3) is 0.600. The molecule has 114 valence electrons. The smallest absolute Gasteiger partial charge is 0.261 e. The number of nitrogen functional groups attached to an aromatic ring is 1. The monoisotopic (exact) mass is 307 g/mol. The molecule has 0 aliphatic heterocycles. The lowest BCUT2D eigenvalue weighted by molar-refractivity contribution is -0.0740. The first-order valence-electron chi connectivity index (χ1n) is 7.18. The summed E-state index contributed by atoms with van der Waals surface area (Å²) in [7, 11) is 1.73. The Bertz CT molecular complexity index is 622. The van der Waals surface area contributed by atoms with Crippen LogP contribution >= 0.6 is 11.3 Å². The van der Waals surface area contributed by atoms with Gasteiger partial charge in [0.15, 0.2) is 0 Å². The van der Waals surface area contributed by atoms with Crippen LogP contribution in [-0.4, -0.2) is 17.3 Å². The fourth-order valence-electron chi connectivity index (χ4n) is 2.87. The van der Waals surface area contributed by atoms with E-state index in [1.807, 2.05) is 11.4 Å². The Morgan fingerprint density at radius 3 is 2.57 bits per heavy atom. The van der Waals surface area contributed by atoms with Gasteiger partial charge in [0.2, 0.25) is 5.82 Å². The molecule has 5 nitrogen and oxygen atoms in total. The molecule has 1 saturated carbocycles. The topological polar surface area (TPSA) is 74.2 Å². The Morgan fingerprint density at radius 1 is 1.29 bits per heavy atom. The van der Waals surface area contributed by atoms with Crippen molar-refractivity contribution in [2.45, 2.75) is 45.1 Å². The maximum Gasteiger partial charge on any atom is 0.261 e. The van der Waals surface area contributed by atoms with Crippen LogP contribution in [0.1, 0.15) is 45.4 Å². The highest BCUT2D eigenvalue weighted by Gasteiger charge is 2.43. The van der Waals surface area contributed by atoms with E-state index in [0.717, 1.165) is 31.2 Å². The lowest BCUT2D eigenvalue weighted by Crippen LogP contribution is -2.37. The van der Waals surface area contributed by atoms with Crippen LogP contribution in [0.4, 0.5) is 5.00 Å². The molecule has 0 unspecified atom stereocenters. The van der Waals surface area contributed by atoms with Crippen LogP contribution < -0.4 is 5.73 Å². The van der Waals surface area contributed by atoms with Crippen LogP contribution in [0.5, 0.6) is 0 Å². The summed E-state index contributed by atoms with van der Waals surface area (Å²) in [4.78, 5) is 4.55. The van der Waals surface area contributed by atoms with Gasteiger partial charge in [0, 0.05) is 7.11 Å². The van der Waals surface area contributed by atoms with Gasteiger partial charge in [-0.3, -0.25) is 0 Å². The molecule has 0 atom stereocenters. The average molecular weight is 307 g/mol. The summed E-state index contributed by atoms with van der Waals surface area (Å²) in [6.07, 6.45) is 4.00. The van der Waals surface area contributed by atoms with Gasteiger partial charge in [-0.05, 0) is 42.5 Å². The molecule has 0 amide bonds. The van der Waals surface area contributed by atoms with E-state index < -0.39 is 5.60 Å². The zero-order chi connectivity index (χ0) is 15.1. The van der Waals surface area contributed by atoms with Crippen LogP contribution in [0.2, 0.25) is 0 Å². The summed E-state index contributed by atoms with van der Waals surface area (Å²) in [6.45, 7) is 4.58. The van der Waals surface area contributed by atoms with E-state index in [9.17, 15) is 0 Å². The maximum absolute atomic E-state index is 5.92. The second-order valence-electron chi connectivity index (χ2n) is 6.48. The van der Waals surface area contributed by atoms with Crippen molar-refractivity contribution in [1.29, 1.82) is 0 Å². The van der Waals surface area contributed by atoms with Gasteiger partial charge in [-0.15, -0.1) is 11.3 Å². The number of ether oxygens (including phenoxy) is 1. The van der Waals surface area contributed by atoms with Crippen molar-refractivity contribution in [3.05, 3.63) is 17.3 Å². The predicted octanol–water partition coefficient (Wildman–Crippen LogP) is 3.82. The van der Waals surface area contributed by atoms with E-state index in [1.54, 1.807) is 7.11 Å². The molecule has 6 heteroatoms. The van der Waals surface area contributed by atoms with Crippen molar-refractivity contribution in [2.75, 3.05) is 12.8 Å². The molecular weight excluding hydrogens is 286 g/mol. The highest BCUT2D eigenvalue weighted by Crippen LogP contribution is 2.46. The second-order valence-corrected chi connectivity index (χ2v) is 7.43. The van der Waals surface area contributed by atoms with Gasteiger partial charge in [-0.2, -0.15) is 4.98 Å². The Labute approximate surface area is 128 Å². The molecule has 0 saturated heterocycles. The van der Waals surface area contributed by atoms with Crippen LogP contribution in [0.25, 0.3) is 11.5 Å². The van der Waals surface area contributed by atoms with Crippen LogP contribution in [-0.2, 0) is 10.3 Å². The molecule has 0 bridgehead atoms. The second kappa shape index (κ2) is 5.10. The molecule has 0 aromatic carbocycles. The lowest BCUT2D eigenvalue weighted by Gasteiger charge is -2.40. The molecule has 0 radical (unpaired) electrons. The van der Waals surface area contributed by atoms with Crippen molar-refractivity contribution in [3.8, 4) is 11.5 Å². The molecule has 2 N–H and O–H groups in total. The molecule has 1 aliphatic carbocycles. The SMILES string of the molecule is COC1(c2noc(-c3ccsc3N)n2)CCC(C)(C)CC1. The normalized spacial score (nSPS) is 20.5. The Balaban J connectivity index is 1.89. The van der Waals surface area contributed by atoms with Gasteiger partial charge in [0.05, 0.1) is 10.6 Å². The van der Waals surface area contributed by atoms with E-state index in [-0.39, 0.29) is 0 Å². The molecule has 1 fully saturated rings. The third-order valence-electron chi connectivity index (χ3n) is 4.56. The van der Waals surface area contributed by atoms with Crippen molar-refractivity contribution < 1.29 is 9.26 Å². The number of nitrogens with zero attached hydrogens (tertiary/aromatic N) is 2. The Hall–Kier alpha value is -1.40. The van der Waals surface area contributed by atoms with E-state index >= 15 is 0 Å². The summed E-state index contributed by atoms with van der Waals surface area (Å²) < 4.78 is 11.2. The zero-order valence-corrected chi connectivity index (χ0v) is 13.5. The number of methoxy groups -OCH3 is 1. The standard InChI is InChI=1S/C15H21N3O2S/c1-14(2)5-7-15(19-3,8-6-14)13-17-12(20-18-13)10-4-9-21-11(10)16/h4,9H,5-8,16H2,1-3H3. The lowest BCUT2D eigenvalue weighted by atomic mass is 9.70. The van der Waals surface area contributed by atoms with E-state index in [1.165, 1.54) is 11.3 Å². The molecule has 3 rings (SSSR count). The van der Waals surface area contributed by atoms with Gasteiger partial charge in [0.25, 0.3) is 5.89 Å². The van der Waals surface area contributed by atoms with Gasteiger partial charge in [0.1, 0.15) is 5.60 Å². The number of thiophene rings is 1. The number of rotatable bonds is 3. The maximum atomic E-state index is 5.92. The average Bonchev–Trinajstić information content (AvgIpc) is 3.08. The van der Waals surface area contributed by atoms with E-state index in [0.29, 0.717) is 22.1 Å². The number of hydrogen-bond acceptors (Lipinski definition) is 6. The minimum Gasteiger partial charge on any atom is -0.390 e. The largest absolute Gasteiger partial charge is 0.390 e. The van der Waals surface area contributed by atoms with Gasteiger partial charge >= 0.3 is 0 Å². The predicted molar refractivity (Wildman–Crippen MR) is 83.0 cm³/mol. The summed E-state index contributed by atoms with van der Waals surface area (Å²) in [5.74, 6) is 1.12. The quantitative estimate of drug-likeness (QED) is 0.933. The first-order valence-corrected chi connectivity index (χ1v) is 8.06. The first kappa shape index (κ1) is 14.5. The Morgan fingerprint density at radius 2 is 2.00 bits per heavy atom. The highest BCUT2D eigenvalue weighted by molar-refractivity contribution is 7.14. The van der Waals surface area contributed by atoms with E-state index in [4.69, 9.17) is 15.0 Å². The first-order chi connectivity index (χ1) is 9.96. The minimum absolute atomic E-state index is 0.354. The summed E-state index contributed by atoms with van der Waals surface area (Å²) in [5.41, 5.74) is 6.65. The molecule has 21 heavy (non-hydrogen) atoms. The fourth-order valence-corrected chi connectivity index (χ4v) is 3.50. The molecule has 2 aromatic rings. The van der Waals surface area contributed by atoms with Crippen molar-refractivity contribution >= 4 is 16.3 Å². The van der Waals surface area contributed by atoms with Crippen LogP contribution in [0.15, 0.2) is 16.0 Å². The van der Waals surface area contributed by atoms with Crippen molar-refractivity contribution in [2.24, 2.45) is 5.41 Å². The third-order valence-corrected chi connectivity index (χ3v) is 5.31. The zero-order valence-electron chi connectivity index (χ0n) is 12.7. The van der Waals surface area contributed by atoms with Crippen LogP contribution in [0, 0.1) is 5.41 Å².